The molecule has 0 saturated carbocycles. The molecule has 0 heterocycles. The molecule has 9 heteroatoms. The molecule has 0 bridgehead atoms. The molecular formula is C11H9ClF3NO4. The summed E-state index contributed by atoms with van der Waals surface area (Å²) in [5.74, 6) is -3.44. The number of hydrogen-bond donors (Lipinski definition) is 2. The number of nitrogens with one attached hydrogen (secondary N) is 1. The Hall–Kier alpha value is -1.80. The van der Waals surface area contributed by atoms with Crippen LogP contribution in [0.2, 0.25) is 5.02 Å². The summed E-state index contributed by atoms with van der Waals surface area (Å²) in [6, 6.07) is 5.20. The van der Waals surface area contributed by atoms with E-state index in [1.165, 1.54) is 23.5 Å². The summed E-state index contributed by atoms with van der Waals surface area (Å²) < 4.78 is 42.0. The third-order valence-corrected chi connectivity index (χ3v) is 2.63. The highest BCUT2D eigenvalue weighted by molar-refractivity contribution is 6.33. The van der Waals surface area contributed by atoms with Crippen molar-refractivity contribution < 1.29 is 32.6 Å². The van der Waals surface area contributed by atoms with Crippen LogP contribution in [0.25, 0.3) is 0 Å². The van der Waals surface area contributed by atoms with Crippen molar-refractivity contribution >= 4 is 23.5 Å². The molecule has 110 valence electrons. The Morgan fingerprint density at radius 2 is 1.85 bits per heavy atom. The molecule has 0 radical (unpaired) electrons. The molecule has 0 aliphatic rings. The Morgan fingerprint density at radius 3 is 2.30 bits per heavy atom. The number of amides is 1. The van der Waals surface area contributed by atoms with Crippen LogP contribution >= 0.6 is 11.6 Å². The molecule has 0 aliphatic heterocycles. The Bertz CT molecular complexity index is 535. The van der Waals surface area contributed by atoms with Crippen LogP contribution < -0.4 is 5.32 Å². The summed E-state index contributed by atoms with van der Waals surface area (Å²) in [6.45, 7) is 0. The van der Waals surface area contributed by atoms with Gasteiger partial charge in [-0.3, -0.25) is 4.79 Å². The first kappa shape index (κ1) is 16.3. The maximum Gasteiger partial charge on any atom is 0.448 e. The number of methoxy groups -OCH3 is 1. The number of carbonyl (C=O) groups is 2. The van der Waals surface area contributed by atoms with Crippen molar-refractivity contribution in [3.8, 4) is 0 Å². The molecule has 0 aromatic heterocycles. The minimum Gasteiger partial charge on any atom is -0.465 e. The van der Waals surface area contributed by atoms with Gasteiger partial charge in [0, 0.05) is 0 Å². The second-order valence-electron chi connectivity index (χ2n) is 3.63. The minimum absolute atomic E-state index is 0.139. The maximum atomic E-state index is 12.7. The van der Waals surface area contributed by atoms with E-state index in [4.69, 9.17) is 11.6 Å². The van der Waals surface area contributed by atoms with Gasteiger partial charge in [0.15, 0.2) is 0 Å². The number of benzene rings is 1. The molecule has 1 aromatic rings. The van der Waals surface area contributed by atoms with E-state index in [0.717, 1.165) is 6.07 Å². The molecule has 0 saturated heterocycles. The van der Waals surface area contributed by atoms with Crippen LogP contribution in [0.5, 0.6) is 0 Å². The van der Waals surface area contributed by atoms with Gasteiger partial charge in [-0.1, -0.05) is 23.7 Å². The fraction of sp³-hybridized carbons (Fsp3) is 0.273. The van der Waals surface area contributed by atoms with Crippen molar-refractivity contribution in [1.82, 2.24) is 5.32 Å². The lowest BCUT2D eigenvalue weighted by atomic mass is 10.1. The van der Waals surface area contributed by atoms with Crippen molar-refractivity contribution in [3.63, 3.8) is 0 Å². The highest BCUT2D eigenvalue weighted by atomic mass is 35.5. The fourth-order valence-electron chi connectivity index (χ4n) is 1.26. The first-order valence-electron chi connectivity index (χ1n) is 5.08. The predicted octanol–water partition coefficient (Wildman–Crippen LogP) is 1.49. The number of esters is 1. The SMILES string of the molecule is COC(=O)C(O)(NC(=O)c1ccccc1Cl)C(F)(F)F. The van der Waals surface area contributed by atoms with Crippen LogP contribution in [0.4, 0.5) is 13.2 Å². The van der Waals surface area contributed by atoms with Crippen molar-refractivity contribution in [2.45, 2.75) is 11.9 Å². The summed E-state index contributed by atoms with van der Waals surface area (Å²) >= 11 is 5.64. The highest BCUT2D eigenvalue weighted by Gasteiger charge is 2.62. The van der Waals surface area contributed by atoms with Crippen molar-refractivity contribution in [3.05, 3.63) is 34.9 Å². The van der Waals surface area contributed by atoms with E-state index < -0.39 is 23.8 Å². The average Bonchev–Trinajstić information content (AvgIpc) is 2.36. The van der Waals surface area contributed by atoms with Crippen LogP contribution in [-0.2, 0) is 9.53 Å². The molecule has 1 aromatic carbocycles. The van der Waals surface area contributed by atoms with Crippen LogP contribution in [0.3, 0.4) is 0 Å². The van der Waals surface area contributed by atoms with Gasteiger partial charge in [0.2, 0.25) is 0 Å². The number of rotatable bonds is 3. The molecule has 2 N–H and O–H groups in total. The van der Waals surface area contributed by atoms with E-state index in [0.29, 0.717) is 7.11 Å². The van der Waals surface area contributed by atoms with Crippen molar-refractivity contribution in [1.29, 1.82) is 0 Å². The first-order chi connectivity index (χ1) is 9.13. The molecule has 1 rings (SSSR count). The van der Waals surface area contributed by atoms with Crippen LogP contribution in [0.1, 0.15) is 10.4 Å². The Balaban J connectivity index is 3.13. The topological polar surface area (TPSA) is 75.6 Å². The van der Waals surface area contributed by atoms with Gasteiger partial charge < -0.3 is 15.2 Å². The maximum absolute atomic E-state index is 12.7. The molecule has 1 unspecified atom stereocenters. The van der Waals surface area contributed by atoms with E-state index in [2.05, 4.69) is 4.74 Å². The van der Waals surface area contributed by atoms with Gasteiger partial charge in [0.25, 0.3) is 5.91 Å². The fourth-order valence-corrected chi connectivity index (χ4v) is 1.48. The minimum atomic E-state index is -5.46. The number of carbonyl (C=O) groups excluding carboxylic acids is 2. The Morgan fingerprint density at radius 1 is 1.30 bits per heavy atom. The van der Waals surface area contributed by atoms with Crippen molar-refractivity contribution in [2.75, 3.05) is 7.11 Å². The molecule has 0 fully saturated rings. The standard InChI is InChI=1S/C11H9ClF3NO4/c1-20-9(18)10(19,11(13,14)15)16-8(17)6-4-2-3-5-7(6)12/h2-5,19H,1H3,(H,16,17). The smallest absolute Gasteiger partial charge is 0.448 e. The van der Waals surface area contributed by atoms with Gasteiger partial charge in [0.05, 0.1) is 17.7 Å². The third kappa shape index (κ3) is 3.02. The summed E-state index contributed by atoms with van der Waals surface area (Å²) in [5, 5.41) is 10.4. The number of alkyl halides is 3. The second-order valence-corrected chi connectivity index (χ2v) is 4.04. The molecule has 0 aliphatic carbocycles. The van der Waals surface area contributed by atoms with Crippen LogP contribution in [0, 0.1) is 0 Å². The number of ether oxygens (including phenoxy) is 1. The van der Waals surface area contributed by atoms with Gasteiger partial charge in [-0.05, 0) is 12.1 Å². The number of halogens is 4. The lowest BCUT2D eigenvalue weighted by molar-refractivity contribution is -0.268. The van der Waals surface area contributed by atoms with Gasteiger partial charge >= 0.3 is 17.9 Å². The van der Waals surface area contributed by atoms with Crippen molar-refractivity contribution in [2.24, 2.45) is 0 Å². The first-order valence-corrected chi connectivity index (χ1v) is 5.46. The number of aliphatic hydroxyl groups is 1. The Labute approximate surface area is 116 Å². The zero-order valence-electron chi connectivity index (χ0n) is 9.99. The zero-order chi connectivity index (χ0) is 15.6. The van der Waals surface area contributed by atoms with Gasteiger partial charge in [-0.25, -0.2) is 4.79 Å². The Kier molecular flexibility index (Phi) is 4.61. The summed E-state index contributed by atoms with van der Waals surface area (Å²) in [5.41, 5.74) is -4.49. The van der Waals surface area contributed by atoms with Crippen LogP contribution in [0.15, 0.2) is 24.3 Å². The quantitative estimate of drug-likeness (QED) is 0.655. The molecule has 1 atom stereocenters. The lowest BCUT2D eigenvalue weighted by Gasteiger charge is -2.28. The summed E-state index contributed by atoms with van der Waals surface area (Å²) in [4.78, 5) is 22.8. The molecule has 20 heavy (non-hydrogen) atoms. The predicted molar refractivity (Wildman–Crippen MR) is 61.9 cm³/mol. The summed E-state index contributed by atoms with van der Waals surface area (Å²) in [7, 11) is 0.640. The summed E-state index contributed by atoms with van der Waals surface area (Å²) in [6.07, 6.45) is -5.46. The van der Waals surface area contributed by atoms with Crippen LogP contribution in [-0.4, -0.2) is 36.0 Å². The lowest BCUT2D eigenvalue weighted by Crippen LogP contribution is -2.64. The van der Waals surface area contributed by atoms with Gasteiger partial charge in [-0.15, -0.1) is 0 Å². The van der Waals surface area contributed by atoms with Gasteiger partial charge in [0.1, 0.15) is 0 Å². The monoisotopic (exact) mass is 311 g/mol. The van der Waals surface area contributed by atoms with E-state index in [1.54, 1.807) is 0 Å². The molecule has 5 nitrogen and oxygen atoms in total. The third-order valence-electron chi connectivity index (χ3n) is 2.30. The van der Waals surface area contributed by atoms with E-state index in [1.807, 2.05) is 0 Å². The van der Waals surface area contributed by atoms with E-state index in [-0.39, 0.29) is 10.6 Å². The zero-order valence-corrected chi connectivity index (χ0v) is 10.7. The highest BCUT2D eigenvalue weighted by Crippen LogP contribution is 2.30. The van der Waals surface area contributed by atoms with E-state index >= 15 is 0 Å². The largest absolute Gasteiger partial charge is 0.465 e. The molecular weight excluding hydrogens is 303 g/mol. The number of hydrogen-bond acceptors (Lipinski definition) is 4. The second kappa shape index (κ2) is 5.68. The van der Waals surface area contributed by atoms with E-state index in [9.17, 15) is 27.9 Å². The molecule has 0 spiro atoms. The normalized spacial score (nSPS) is 14.3. The van der Waals surface area contributed by atoms with Gasteiger partial charge in [-0.2, -0.15) is 13.2 Å². The average molecular weight is 312 g/mol. The molecule has 1 amide bonds.